The Morgan fingerprint density at radius 1 is 1.40 bits per heavy atom. The Morgan fingerprint density at radius 3 is 2.80 bits per heavy atom. The van der Waals surface area contributed by atoms with Crippen molar-refractivity contribution in [2.24, 2.45) is 0 Å². The van der Waals surface area contributed by atoms with Crippen LogP contribution in [0.1, 0.15) is 18.9 Å². The number of halogens is 1. The summed E-state index contributed by atoms with van der Waals surface area (Å²) < 4.78 is 2.47. The van der Waals surface area contributed by atoms with Crippen molar-refractivity contribution in [1.29, 1.82) is 0 Å². The van der Waals surface area contributed by atoms with Crippen molar-refractivity contribution in [2.45, 2.75) is 32.4 Å². The van der Waals surface area contributed by atoms with Crippen LogP contribution < -0.4 is 5.32 Å². The highest BCUT2D eigenvalue weighted by Crippen LogP contribution is 2.12. The highest BCUT2D eigenvalue weighted by Gasteiger charge is 2.08. The van der Waals surface area contributed by atoms with Gasteiger partial charge in [0.2, 0.25) is 5.91 Å². The molecule has 7 heteroatoms. The molecule has 2 rings (SSSR count). The summed E-state index contributed by atoms with van der Waals surface area (Å²) in [6.45, 7) is 2.14. The number of hydrogen-bond acceptors (Lipinski definition) is 4. The van der Waals surface area contributed by atoms with Gasteiger partial charge in [0, 0.05) is 10.5 Å². The summed E-state index contributed by atoms with van der Waals surface area (Å²) in [6.07, 6.45) is 3.24. The van der Waals surface area contributed by atoms with Gasteiger partial charge in [-0.05, 0) is 47.9 Å². The lowest BCUT2D eigenvalue weighted by molar-refractivity contribution is -0.122. The van der Waals surface area contributed by atoms with Crippen molar-refractivity contribution >= 4 is 21.8 Å². The molecule has 0 fully saturated rings. The molecule has 6 nitrogen and oxygen atoms in total. The molecule has 1 aromatic carbocycles. The number of nitrogens with zero attached hydrogens (tertiary/aromatic N) is 4. The summed E-state index contributed by atoms with van der Waals surface area (Å²) in [6, 6.07) is 8.33. The summed E-state index contributed by atoms with van der Waals surface area (Å²) in [5.41, 5.74) is 1.26. The maximum absolute atomic E-state index is 11.7. The van der Waals surface area contributed by atoms with Crippen molar-refractivity contribution < 1.29 is 4.79 Å². The first-order valence-corrected chi connectivity index (χ1v) is 7.17. The van der Waals surface area contributed by atoms with E-state index in [1.807, 2.05) is 19.1 Å². The van der Waals surface area contributed by atoms with E-state index in [1.54, 1.807) is 0 Å². The van der Waals surface area contributed by atoms with E-state index in [1.165, 1.54) is 16.6 Å². The third-order valence-electron chi connectivity index (χ3n) is 2.88. The molecule has 0 aliphatic heterocycles. The summed E-state index contributed by atoms with van der Waals surface area (Å²) in [5.74, 6) is -0.0828. The Kier molecular flexibility index (Phi) is 5.23. The second-order valence-corrected chi connectivity index (χ2v) is 5.56. The van der Waals surface area contributed by atoms with E-state index in [4.69, 9.17) is 0 Å². The SMILES string of the molecule is CC(CCc1ccc(Br)cc1)NC(=O)Cn1cnnn1. The molecule has 0 aliphatic carbocycles. The molecule has 1 heterocycles. The molecule has 20 heavy (non-hydrogen) atoms. The largest absolute Gasteiger partial charge is 0.352 e. The Morgan fingerprint density at radius 2 is 2.15 bits per heavy atom. The van der Waals surface area contributed by atoms with Gasteiger partial charge in [-0.1, -0.05) is 28.1 Å². The van der Waals surface area contributed by atoms with Crippen LogP contribution >= 0.6 is 15.9 Å². The van der Waals surface area contributed by atoms with Gasteiger partial charge in [0.1, 0.15) is 12.9 Å². The normalized spacial score (nSPS) is 12.1. The molecule has 0 spiro atoms. The smallest absolute Gasteiger partial charge is 0.242 e. The summed E-state index contributed by atoms with van der Waals surface area (Å²) in [4.78, 5) is 11.7. The maximum Gasteiger partial charge on any atom is 0.242 e. The highest BCUT2D eigenvalue weighted by molar-refractivity contribution is 9.10. The molecule has 1 unspecified atom stereocenters. The quantitative estimate of drug-likeness (QED) is 0.868. The zero-order valence-corrected chi connectivity index (χ0v) is 12.7. The molecule has 0 aliphatic rings. The van der Waals surface area contributed by atoms with Crippen LogP contribution in [-0.2, 0) is 17.8 Å². The van der Waals surface area contributed by atoms with Crippen molar-refractivity contribution in [3.8, 4) is 0 Å². The molecular weight excluding hydrogens is 322 g/mol. The lowest BCUT2D eigenvalue weighted by Crippen LogP contribution is -2.35. The number of carbonyl (C=O) groups is 1. The van der Waals surface area contributed by atoms with E-state index in [9.17, 15) is 4.79 Å². The zero-order valence-electron chi connectivity index (χ0n) is 11.2. The minimum Gasteiger partial charge on any atom is -0.352 e. The Bertz CT molecular complexity index is 540. The van der Waals surface area contributed by atoms with Gasteiger partial charge in [0.15, 0.2) is 0 Å². The monoisotopic (exact) mass is 337 g/mol. The number of tetrazole rings is 1. The van der Waals surface area contributed by atoms with E-state index >= 15 is 0 Å². The van der Waals surface area contributed by atoms with Gasteiger partial charge in [-0.15, -0.1) is 5.10 Å². The first-order valence-electron chi connectivity index (χ1n) is 6.38. The summed E-state index contributed by atoms with van der Waals surface area (Å²) in [5, 5.41) is 13.6. The van der Waals surface area contributed by atoms with Crippen molar-refractivity contribution in [3.63, 3.8) is 0 Å². The number of aryl methyl sites for hydroxylation is 1. The molecule has 1 atom stereocenters. The lowest BCUT2D eigenvalue weighted by Gasteiger charge is -2.13. The van der Waals surface area contributed by atoms with Gasteiger partial charge in [0.25, 0.3) is 0 Å². The number of hydrogen-bond donors (Lipinski definition) is 1. The Hall–Kier alpha value is -1.76. The predicted octanol–water partition coefficient (Wildman–Crippen LogP) is 1.57. The first-order chi connectivity index (χ1) is 9.63. The average molecular weight is 338 g/mol. The van der Waals surface area contributed by atoms with Gasteiger partial charge >= 0.3 is 0 Å². The molecule has 0 radical (unpaired) electrons. The maximum atomic E-state index is 11.7. The van der Waals surface area contributed by atoms with Gasteiger partial charge < -0.3 is 5.32 Å². The number of nitrogens with one attached hydrogen (secondary N) is 1. The van der Waals surface area contributed by atoms with E-state index in [-0.39, 0.29) is 18.5 Å². The topological polar surface area (TPSA) is 72.7 Å². The fourth-order valence-electron chi connectivity index (χ4n) is 1.83. The molecule has 2 aromatic rings. The van der Waals surface area contributed by atoms with Crippen LogP contribution in [0.2, 0.25) is 0 Å². The van der Waals surface area contributed by atoms with Crippen LogP contribution in [0.25, 0.3) is 0 Å². The number of aromatic nitrogens is 4. The number of amides is 1. The van der Waals surface area contributed by atoms with Crippen LogP contribution in [0.5, 0.6) is 0 Å². The van der Waals surface area contributed by atoms with Crippen LogP contribution in [0.4, 0.5) is 0 Å². The minimum atomic E-state index is -0.0828. The average Bonchev–Trinajstić information content (AvgIpc) is 2.90. The van der Waals surface area contributed by atoms with Gasteiger partial charge in [0.05, 0.1) is 0 Å². The number of rotatable bonds is 6. The second kappa shape index (κ2) is 7.14. The first kappa shape index (κ1) is 14.6. The van der Waals surface area contributed by atoms with Crippen LogP contribution in [0.3, 0.4) is 0 Å². The summed E-state index contributed by atoms with van der Waals surface area (Å²) in [7, 11) is 0. The Labute approximate surface area is 125 Å². The van der Waals surface area contributed by atoms with Crippen molar-refractivity contribution in [3.05, 3.63) is 40.6 Å². The predicted molar refractivity (Wildman–Crippen MR) is 77.9 cm³/mol. The number of carbonyl (C=O) groups excluding carboxylic acids is 1. The van der Waals surface area contributed by atoms with E-state index < -0.39 is 0 Å². The van der Waals surface area contributed by atoms with Gasteiger partial charge in [-0.3, -0.25) is 4.79 Å². The van der Waals surface area contributed by atoms with Gasteiger partial charge in [-0.2, -0.15) is 0 Å². The standard InChI is InChI=1S/C13H16BrN5O/c1-10(2-3-11-4-6-12(14)7-5-11)16-13(20)8-19-9-15-17-18-19/h4-7,9-10H,2-3,8H2,1H3,(H,16,20). The van der Waals surface area contributed by atoms with Crippen molar-refractivity contribution in [2.75, 3.05) is 0 Å². The molecule has 106 valence electrons. The molecule has 0 saturated heterocycles. The molecule has 1 aromatic heterocycles. The van der Waals surface area contributed by atoms with E-state index in [0.717, 1.165) is 17.3 Å². The molecule has 1 N–H and O–H groups in total. The fourth-order valence-corrected chi connectivity index (χ4v) is 2.09. The lowest BCUT2D eigenvalue weighted by atomic mass is 10.1. The van der Waals surface area contributed by atoms with Crippen LogP contribution in [0.15, 0.2) is 35.1 Å². The third kappa shape index (κ3) is 4.73. The molecule has 1 amide bonds. The number of benzene rings is 1. The summed E-state index contributed by atoms with van der Waals surface area (Å²) >= 11 is 3.41. The zero-order chi connectivity index (χ0) is 14.4. The molecular formula is C13H16BrN5O. The van der Waals surface area contributed by atoms with Gasteiger partial charge in [-0.25, -0.2) is 4.68 Å². The third-order valence-corrected chi connectivity index (χ3v) is 3.41. The van der Waals surface area contributed by atoms with Crippen molar-refractivity contribution in [1.82, 2.24) is 25.5 Å². The second-order valence-electron chi connectivity index (χ2n) is 4.64. The molecule has 0 saturated carbocycles. The fraction of sp³-hybridized carbons (Fsp3) is 0.385. The van der Waals surface area contributed by atoms with E-state index in [2.05, 4.69) is 48.9 Å². The van der Waals surface area contributed by atoms with Crippen LogP contribution in [0, 0.1) is 0 Å². The molecule has 0 bridgehead atoms. The highest BCUT2D eigenvalue weighted by atomic mass is 79.9. The Balaban J connectivity index is 1.73. The minimum absolute atomic E-state index is 0.0828. The van der Waals surface area contributed by atoms with E-state index in [0.29, 0.717) is 0 Å². The van der Waals surface area contributed by atoms with Crippen LogP contribution in [-0.4, -0.2) is 32.2 Å².